The first-order chi connectivity index (χ1) is 5.42. The topological polar surface area (TPSA) is 61.8 Å². The van der Waals surface area contributed by atoms with Gasteiger partial charge in [0.15, 0.2) is 0 Å². The van der Waals surface area contributed by atoms with Crippen LogP contribution in [0.25, 0.3) is 11.0 Å². The molecule has 0 radical (unpaired) electrons. The summed E-state index contributed by atoms with van der Waals surface area (Å²) in [4.78, 5) is 10.8. The Labute approximate surface area is 62.9 Å². The quantitative estimate of drug-likeness (QED) is 0.618. The second-order valence-corrected chi connectivity index (χ2v) is 2.26. The molecule has 2 rings (SSSR count). The fourth-order valence-corrected chi connectivity index (χ4v) is 1.04. The van der Waals surface area contributed by atoms with E-state index in [4.69, 9.17) is 5.11 Å². The first-order valence-electron chi connectivity index (χ1n) is 3.28. The number of nitrogens with one attached hydrogen (secondary N) is 1. The molecule has 0 amide bonds. The van der Waals surface area contributed by atoms with Crippen LogP contribution in [0.15, 0.2) is 18.7 Å². The van der Waals surface area contributed by atoms with Gasteiger partial charge in [-0.15, -0.1) is 0 Å². The number of aliphatic hydroxyl groups excluding tert-OH is 1. The van der Waals surface area contributed by atoms with Crippen LogP contribution in [0.2, 0.25) is 0 Å². The number of aromatic nitrogens is 3. The Bertz CT molecular complexity index is 368. The monoisotopic (exact) mass is 149 g/mol. The first kappa shape index (κ1) is 6.30. The van der Waals surface area contributed by atoms with Gasteiger partial charge in [0, 0.05) is 23.3 Å². The number of aromatic amines is 1. The molecule has 2 heterocycles. The van der Waals surface area contributed by atoms with Crippen molar-refractivity contribution in [1.29, 1.82) is 0 Å². The predicted octanol–water partition coefficient (Wildman–Crippen LogP) is 0.450. The predicted molar refractivity (Wildman–Crippen MR) is 39.8 cm³/mol. The minimum atomic E-state index is 0.0212. The summed E-state index contributed by atoms with van der Waals surface area (Å²) in [5, 5.41) is 9.73. The van der Waals surface area contributed by atoms with E-state index in [1.807, 2.05) is 0 Å². The molecule has 0 aliphatic rings. The van der Waals surface area contributed by atoms with Crippen molar-refractivity contribution >= 4 is 11.0 Å². The molecule has 0 saturated carbocycles. The summed E-state index contributed by atoms with van der Waals surface area (Å²) in [6.07, 6.45) is 4.89. The fraction of sp³-hybridized carbons (Fsp3) is 0.143. The molecule has 0 aromatic carbocycles. The Balaban J connectivity index is 2.76. The van der Waals surface area contributed by atoms with Gasteiger partial charge in [0.1, 0.15) is 12.0 Å². The van der Waals surface area contributed by atoms with Crippen LogP contribution in [0.1, 0.15) is 5.56 Å². The molecule has 4 heteroatoms. The van der Waals surface area contributed by atoms with Crippen molar-refractivity contribution in [3.63, 3.8) is 0 Å². The number of H-pyrrole nitrogens is 1. The summed E-state index contributed by atoms with van der Waals surface area (Å²) < 4.78 is 0. The highest BCUT2D eigenvalue weighted by atomic mass is 16.3. The molecule has 11 heavy (non-hydrogen) atoms. The molecule has 4 nitrogen and oxygen atoms in total. The average Bonchev–Trinajstić information content (AvgIpc) is 2.47. The first-order valence-corrected chi connectivity index (χ1v) is 3.28. The lowest BCUT2D eigenvalue weighted by Gasteiger charge is -1.88. The standard InChI is InChI=1S/C7H7N3O/c11-3-5-1-9-7-6(5)2-8-4-10-7/h1-2,4,11H,3H2,(H,8,9,10). The summed E-state index contributed by atoms with van der Waals surface area (Å²) in [7, 11) is 0. The van der Waals surface area contributed by atoms with E-state index >= 15 is 0 Å². The zero-order valence-corrected chi connectivity index (χ0v) is 5.78. The Morgan fingerprint density at radius 1 is 1.55 bits per heavy atom. The van der Waals surface area contributed by atoms with Crippen molar-refractivity contribution < 1.29 is 5.11 Å². The lowest BCUT2D eigenvalue weighted by Crippen LogP contribution is -1.81. The Kier molecular flexibility index (Phi) is 1.33. The molecule has 0 unspecified atom stereocenters. The maximum absolute atomic E-state index is 8.85. The number of fused-ring (bicyclic) bond motifs is 1. The van der Waals surface area contributed by atoms with Gasteiger partial charge in [0.05, 0.1) is 6.61 Å². The molecular formula is C7H7N3O. The van der Waals surface area contributed by atoms with E-state index in [0.717, 1.165) is 16.6 Å². The maximum Gasteiger partial charge on any atom is 0.141 e. The number of hydrogen-bond donors (Lipinski definition) is 2. The summed E-state index contributed by atoms with van der Waals surface area (Å²) in [6, 6.07) is 0. The van der Waals surface area contributed by atoms with Crippen LogP contribution >= 0.6 is 0 Å². The van der Waals surface area contributed by atoms with Gasteiger partial charge in [0.25, 0.3) is 0 Å². The average molecular weight is 149 g/mol. The molecule has 2 N–H and O–H groups in total. The van der Waals surface area contributed by atoms with E-state index in [2.05, 4.69) is 15.0 Å². The number of rotatable bonds is 1. The van der Waals surface area contributed by atoms with Gasteiger partial charge >= 0.3 is 0 Å². The van der Waals surface area contributed by atoms with Gasteiger partial charge < -0.3 is 10.1 Å². The normalized spacial score (nSPS) is 10.6. The van der Waals surface area contributed by atoms with Gasteiger partial charge in [-0.1, -0.05) is 0 Å². The summed E-state index contributed by atoms with van der Waals surface area (Å²) >= 11 is 0. The Hall–Kier alpha value is -1.42. The molecular weight excluding hydrogens is 142 g/mol. The van der Waals surface area contributed by atoms with Crippen LogP contribution in [0.5, 0.6) is 0 Å². The van der Waals surface area contributed by atoms with Crippen molar-refractivity contribution in [3.8, 4) is 0 Å². The van der Waals surface area contributed by atoms with Crippen LogP contribution < -0.4 is 0 Å². The molecule has 2 aromatic rings. The molecule has 0 saturated heterocycles. The van der Waals surface area contributed by atoms with Gasteiger partial charge in [-0.05, 0) is 0 Å². The number of nitrogens with zero attached hydrogens (tertiary/aromatic N) is 2. The van der Waals surface area contributed by atoms with E-state index in [0.29, 0.717) is 0 Å². The molecule has 0 fully saturated rings. The summed E-state index contributed by atoms with van der Waals surface area (Å²) in [6.45, 7) is 0.0212. The third-order valence-electron chi connectivity index (χ3n) is 1.61. The van der Waals surface area contributed by atoms with E-state index in [-0.39, 0.29) is 6.61 Å². The molecule has 0 spiro atoms. The Morgan fingerprint density at radius 2 is 2.45 bits per heavy atom. The molecule has 0 bridgehead atoms. The summed E-state index contributed by atoms with van der Waals surface area (Å²) in [5.74, 6) is 0. The molecule has 2 aromatic heterocycles. The van der Waals surface area contributed by atoms with Crippen LogP contribution in [0.3, 0.4) is 0 Å². The lowest BCUT2D eigenvalue weighted by atomic mass is 10.3. The maximum atomic E-state index is 8.85. The highest BCUT2D eigenvalue weighted by Crippen LogP contribution is 2.13. The second-order valence-electron chi connectivity index (χ2n) is 2.26. The van der Waals surface area contributed by atoms with Gasteiger partial charge in [-0.3, -0.25) is 0 Å². The van der Waals surface area contributed by atoms with Crippen LogP contribution in [0.4, 0.5) is 0 Å². The summed E-state index contributed by atoms with van der Waals surface area (Å²) in [5.41, 5.74) is 1.60. The van der Waals surface area contributed by atoms with E-state index in [1.165, 1.54) is 6.33 Å². The minimum Gasteiger partial charge on any atom is -0.392 e. The number of hydrogen-bond acceptors (Lipinski definition) is 3. The zero-order valence-electron chi connectivity index (χ0n) is 5.78. The van der Waals surface area contributed by atoms with Gasteiger partial charge in [-0.25, -0.2) is 9.97 Å². The van der Waals surface area contributed by atoms with Gasteiger partial charge in [-0.2, -0.15) is 0 Å². The van der Waals surface area contributed by atoms with Crippen LogP contribution in [-0.4, -0.2) is 20.1 Å². The largest absolute Gasteiger partial charge is 0.392 e. The van der Waals surface area contributed by atoms with Crippen molar-refractivity contribution in [2.45, 2.75) is 6.61 Å². The molecule has 0 atom stereocenters. The SMILES string of the molecule is OCc1c[nH]c2ncncc12. The lowest BCUT2D eigenvalue weighted by molar-refractivity contribution is 0.283. The third kappa shape index (κ3) is 0.877. The van der Waals surface area contributed by atoms with E-state index < -0.39 is 0 Å². The molecule has 0 aliphatic heterocycles. The minimum absolute atomic E-state index is 0.0212. The second kappa shape index (κ2) is 2.32. The Morgan fingerprint density at radius 3 is 3.27 bits per heavy atom. The number of aliphatic hydroxyl groups is 1. The van der Waals surface area contributed by atoms with Crippen LogP contribution in [-0.2, 0) is 6.61 Å². The zero-order chi connectivity index (χ0) is 7.68. The fourth-order valence-electron chi connectivity index (χ4n) is 1.04. The third-order valence-corrected chi connectivity index (χ3v) is 1.61. The van der Waals surface area contributed by atoms with E-state index in [9.17, 15) is 0 Å². The molecule has 0 aliphatic carbocycles. The van der Waals surface area contributed by atoms with Crippen molar-refractivity contribution in [3.05, 3.63) is 24.3 Å². The van der Waals surface area contributed by atoms with Crippen LogP contribution in [0, 0.1) is 0 Å². The highest BCUT2D eigenvalue weighted by molar-refractivity contribution is 5.78. The van der Waals surface area contributed by atoms with E-state index in [1.54, 1.807) is 12.4 Å². The van der Waals surface area contributed by atoms with Gasteiger partial charge in [0.2, 0.25) is 0 Å². The van der Waals surface area contributed by atoms with Crippen molar-refractivity contribution in [1.82, 2.24) is 15.0 Å². The molecule has 56 valence electrons. The van der Waals surface area contributed by atoms with Crippen molar-refractivity contribution in [2.24, 2.45) is 0 Å². The van der Waals surface area contributed by atoms with Crippen molar-refractivity contribution in [2.75, 3.05) is 0 Å². The smallest absolute Gasteiger partial charge is 0.141 e. The highest BCUT2D eigenvalue weighted by Gasteiger charge is 2.01.